The lowest BCUT2D eigenvalue weighted by atomic mass is 9.89. The van der Waals surface area contributed by atoms with Gasteiger partial charge in [-0.2, -0.15) is 0 Å². The second-order valence-corrected chi connectivity index (χ2v) is 7.58. The molecule has 6 nitrogen and oxygen atoms in total. The molecule has 0 radical (unpaired) electrons. The summed E-state index contributed by atoms with van der Waals surface area (Å²) in [6.07, 6.45) is 4.20. The van der Waals surface area contributed by atoms with Gasteiger partial charge < -0.3 is 19.3 Å². The molecule has 3 aliphatic heterocycles. The lowest BCUT2D eigenvalue weighted by molar-refractivity contribution is -0.137. The quantitative estimate of drug-likeness (QED) is 0.830. The van der Waals surface area contributed by atoms with Crippen LogP contribution in [0.15, 0.2) is 24.3 Å². The first-order valence-electron chi connectivity index (χ1n) is 9.47. The van der Waals surface area contributed by atoms with Gasteiger partial charge in [-0.25, -0.2) is 0 Å². The lowest BCUT2D eigenvalue weighted by Crippen LogP contribution is -2.50. The van der Waals surface area contributed by atoms with Crippen molar-refractivity contribution in [3.05, 3.63) is 29.8 Å². The summed E-state index contributed by atoms with van der Waals surface area (Å²) in [5.74, 6) is 0.976. The highest BCUT2D eigenvalue weighted by molar-refractivity contribution is 5.94. The van der Waals surface area contributed by atoms with Gasteiger partial charge in [-0.1, -0.05) is 6.07 Å². The number of amides is 2. The van der Waals surface area contributed by atoms with Crippen LogP contribution in [-0.2, 0) is 9.53 Å². The Labute approximate surface area is 154 Å². The third-order valence-corrected chi connectivity index (χ3v) is 5.94. The van der Waals surface area contributed by atoms with E-state index in [0.717, 1.165) is 32.2 Å². The summed E-state index contributed by atoms with van der Waals surface area (Å²) in [7, 11) is 1.60. The number of rotatable bonds is 3. The molecule has 0 N–H and O–H groups in total. The smallest absolute Gasteiger partial charge is 0.254 e. The summed E-state index contributed by atoms with van der Waals surface area (Å²) in [4.78, 5) is 28.9. The maximum atomic E-state index is 12.9. The van der Waals surface area contributed by atoms with Crippen LogP contribution in [-0.4, -0.2) is 66.6 Å². The van der Waals surface area contributed by atoms with Gasteiger partial charge in [-0.05, 0) is 43.9 Å². The minimum Gasteiger partial charge on any atom is -0.497 e. The molecule has 0 saturated carbocycles. The first-order chi connectivity index (χ1) is 12.6. The third-order valence-electron chi connectivity index (χ3n) is 5.94. The van der Waals surface area contributed by atoms with Gasteiger partial charge in [0.2, 0.25) is 5.91 Å². The molecule has 2 atom stereocenters. The standard InChI is InChI=1S/C20H26N2O4/c1-25-17-5-2-4-15(12-17)19(24)21-10-8-20(14-21)13-16(7-11-26-20)22-9-3-6-18(22)23/h2,4-5,12,16H,3,6-11,13-14H2,1H3/t16-,20-/m1/s1. The number of hydrogen-bond donors (Lipinski definition) is 0. The van der Waals surface area contributed by atoms with Gasteiger partial charge in [-0.3, -0.25) is 9.59 Å². The fraction of sp³-hybridized carbons (Fsp3) is 0.600. The summed E-state index contributed by atoms with van der Waals surface area (Å²) in [5, 5.41) is 0. The molecule has 0 bridgehead atoms. The van der Waals surface area contributed by atoms with Crippen molar-refractivity contribution in [2.45, 2.75) is 43.7 Å². The van der Waals surface area contributed by atoms with Crippen LogP contribution >= 0.6 is 0 Å². The molecule has 26 heavy (non-hydrogen) atoms. The molecule has 140 valence electrons. The van der Waals surface area contributed by atoms with Crippen LogP contribution in [0.3, 0.4) is 0 Å². The number of nitrogens with zero attached hydrogens (tertiary/aromatic N) is 2. The Kier molecular flexibility index (Phi) is 4.61. The highest BCUT2D eigenvalue weighted by Gasteiger charge is 2.46. The van der Waals surface area contributed by atoms with Crippen LogP contribution < -0.4 is 4.74 Å². The third kappa shape index (κ3) is 3.18. The molecule has 3 fully saturated rings. The second kappa shape index (κ2) is 6.91. The maximum Gasteiger partial charge on any atom is 0.254 e. The molecular weight excluding hydrogens is 332 g/mol. The zero-order valence-electron chi connectivity index (χ0n) is 15.3. The van der Waals surface area contributed by atoms with Crippen LogP contribution in [0.4, 0.5) is 0 Å². The van der Waals surface area contributed by atoms with Gasteiger partial charge in [0, 0.05) is 37.7 Å². The average molecular weight is 358 g/mol. The van der Waals surface area contributed by atoms with E-state index in [9.17, 15) is 9.59 Å². The Bertz CT molecular complexity index is 707. The predicted molar refractivity (Wildman–Crippen MR) is 96.2 cm³/mol. The normalized spacial score (nSPS) is 28.8. The highest BCUT2D eigenvalue weighted by atomic mass is 16.5. The molecule has 6 heteroatoms. The summed E-state index contributed by atoms with van der Waals surface area (Å²) in [6, 6.07) is 7.53. The van der Waals surface area contributed by atoms with Gasteiger partial charge >= 0.3 is 0 Å². The summed E-state index contributed by atoms with van der Waals surface area (Å²) in [5.41, 5.74) is 0.337. The molecule has 3 aliphatic rings. The molecule has 3 saturated heterocycles. The average Bonchev–Trinajstić information content (AvgIpc) is 3.28. The van der Waals surface area contributed by atoms with Crippen LogP contribution in [0.1, 0.15) is 42.5 Å². The lowest BCUT2D eigenvalue weighted by Gasteiger charge is -2.41. The highest BCUT2D eigenvalue weighted by Crippen LogP contribution is 2.37. The van der Waals surface area contributed by atoms with Crippen molar-refractivity contribution in [3.8, 4) is 5.75 Å². The summed E-state index contributed by atoms with van der Waals surface area (Å²) < 4.78 is 11.4. The first-order valence-corrected chi connectivity index (χ1v) is 9.47. The molecule has 1 aromatic rings. The van der Waals surface area contributed by atoms with Crippen molar-refractivity contribution >= 4 is 11.8 Å². The molecule has 1 aromatic carbocycles. The zero-order chi connectivity index (χ0) is 18.1. The predicted octanol–water partition coefficient (Wildman–Crippen LogP) is 2.08. The fourth-order valence-corrected chi connectivity index (χ4v) is 4.56. The molecule has 4 rings (SSSR count). The van der Waals surface area contributed by atoms with E-state index in [0.29, 0.717) is 37.4 Å². The number of hydrogen-bond acceptors (Lipinski definition) is 4. The van der Waals surface area contributed by atoms with E-state index >= 15 is 0 Å². The van der Waals surface area contributed by atoms with E-state index < -0.39 is 0 Å². The minimum absolute atomic E-state index is 0.0174. The van der Waals surface area contributed by atoms with Crippen LogP contribution in [0.25, 0.3) is 0 Å². The number of likely N-dealkylation sites (tertiary alicyclic amines) is 2. The van der Waals surface area contributed by atoms with E-state index in [-0.39, 0.29) is 23.5 Å². The van der Waals surface area contributed by atoms with E-state index in [1.807, 2.05) is 28.0 Å². The van der Waals surface area contributed by atoms with Crippen molar-refractivity contribution in [2.24, 2.45) is 0 Å². The first kappa shape index (κ1) is 17.3. The van der Waals surface area contributed by atoms with Gasteiger partial charge in [0.1, 0.15) is 5.75 Å². The van der Waals surface area contributed by atoms with E-state index in [2.05, 4.69) is 0 Å². The Morgan fingerprint density at radius 1 is 1.35 bits per heavy atom. The molecule has 0 unspecified atom stereocenters. The molecule has 0 aromatic heterocycles. The van der Waals surface area contributed by atoms with Gasteiger partial charge in [0.05, 0.1) is 19.3 Å². The van der Waals surface area contributed by atoms with Gasteiger partial charge in [0.25, 0.3) is 5.91 Å². The molecular formula is C20H26N2O4. The second-order valence-electron chi connectivity index (χ2n) is 7.58. The topological polar surface area (TPSA) is 59.1 Å². The Hall–Kier alpha value is -2.08. The Morgan fingerprint density at radius 2 is 2.23 bits per heavy atom. The monoisotopic (exact) mass is 358 g/mol. The zero-order valence-corrected chi connectivity index (χ0v) is 15.3. The minimum atomic E-state index is -0.305. The van der Waals surface area contributed by atoms with E-state index in [4.69, 9.17) is 9.47 Å². The number of ether oxygens (including phenoxy) is 2. The summed E-state index contributed by atoms with van der Waals surface area (Å²) in [6.45, 7) is 2.82. The number of benzene rings is 1. The molecule has 0 aliphatic carbocycles. The van der Waals surface area contributed by atoms with Crippen LogP contribution in [0.2, 0.25) is 0 Å². The Balaban J connectivity index is 1.45. The summed E-state index contributed by atoms with van der Waals surface area (Å²) >= 11 is 0. The van der Waals surface area contributed by atoms with Crippen molar-refractivity contribution in [2.75, 3.05) is 33.4 Å². The number of carbonyl (C=O) groups is 2. The van der Waals surface area contributed by atoms with Crippen molar-refractivity contribution in [1.29, 1.82) is 0 Å². The van der Waals surface area contributed by atoms with Crippen LogP contribution in [0.5, 0.6) is 5.75 Å². The number of methoxy groups -OCH3 is 1. The molecule has 3 heterocycles. The SMILES string of the molecule is COc1cccc(C(=O)N2CC[C@@]3(C[C@H](N4CCCC4=O)CCO3)C2)c1. The Morgan fingerprint density at radius 3 is 3.00 bits per heavy atom. The molecule has 2 amide bonds. The van der Waals surface area contributed by atoms with Crippen molar-refractivity contribution in [1.82, 2.24) is 9.80 Å². The largest absolute Gasteiger partial charge is 0.497 e. The van der Waals surface area contributed by atoms with E-state index in [1.54, 1.807) is 13.2 Å². The van der Waals surface area contributed by atoms with Crippen molar-refractivity contribution in [3.63, 3.8) is 0 Å². The van der Waals surface area contributed by atoms with Gasteiger partial charge in [-0.15, -0.1) is 0 Å². The van der Waals surface area contributed by atoms with Crippen LogP contribution in [0, 0.1) is 0 Å². The number of carbonyl (C=O) groups excluding carboxylic acids is 2. The van der Waals surface area contributed by atoms with E-state index in [1.165, 1.54) is 0 Å². The van der Waals surface area contributed by atoms with Crippen molar-refractivity contribution < 1.29 is 19.1 Å². The fourth-order valence-electron chi connectivity index (χ4n) is 4.56. The van der Waals surface area contributed by atoms with Gasteiger partial charge in [0.15, 0.2) is 0 Å². The maximum absolute atomic E-state index is 12.9. The molecule has 1 spiro atoms.